The van der Waals surface area contributed by atoms with E-state index in [1.807, 2.05) is 6.07 Å². The van der Waals surface area contributed by atoms with E-state index in [0.29, 0.717) is 5.88 Å². The molecule has 2 aromatic heterocycles. The summed E-state index contributed by atoms with van der Waals surface area (Å²) in [4.78, 5) is 8.58. The van der Waals surface area contributed by atoms with Crippen LogP contribution in [0.2, 0.25) is 0 Å². The van der Waals surface area contributed by atoms with Gasteiger partial charge >= 0.3 is 0 Å². The number of nitrogens with zero attached hydrogens (tertiary/aromatic N) is 4. The normalized spacial score (nSPS) is 16.6. The average molecular weight is 253 g/mol. The first-order valence-corrected chi connectivity index (χ1v) is 6.14. The van der Waals surface area contributed by atoms with Crippen LogP contribution in [0, 0.1) is 0 Å². The number of fused-ring (bicyclic) bond motifs is 1. The summed E-state index contributed by atoms with van der Waals surface area (Å²) < 4.78 is 7.45. The fraction of sp³-hybridized carbons (Fsp3) is 0.455. The Bertz CT molecular complexity index is 521. The van der Waals surface area contributed by atoms with E-state index in [9.17, 15) is 0 Å². The van der Waals surface area contributed by atoms with Crippen molar-refractivity contribution in [1.82, 2.24) is 14.6 Å². The van der Waals surface area contributed by atoms with E-state index in [1.165, 1.54) is 0 Å². The Morgan fingerprint density at radius 2 is 2.18 bits per heavy atom. The number of rotatable bonds is 2. The van der Waals surface area contributed by atoms with Crippen LogP contribution in [0.3, 0.4) is 0 Å². The van der Waals surface area contributed by atoms with Crippen LogP contribution in [0.5, 0.6) is 0 Å². The third kappa shape index (κ3) is 1.85. The van der Waals surface area contributed by atoms with Crippen molar-refractivity contribution in [3.63, 3.8) is 0 Å². The molecule has 1 fully saturated rings. The summed E-state index contributed by atoms with van der Waals surface area (Å²) in [6, 6.07) is 1.97. The van der Waals surface area contributed by atoms with Gasteiger partial charge in [-0.2, -0.15) is 0 Å². The van der Waals surface area contributed by atoms with Crippen molar-refractivity contribution in [2.24, 2.45) is 0 Å². The summed E-state index contributed by atoms with van der Waals surface area (Å²) in [5.41, 5.74) is 1.94. The molecule has 3 heterocycles. The molecular formula is C11H13ClN4O. The summed E-state index contributed by atoms with van der Waals surface area (Å²) in [6.45, 7) is 3.20. The number of halogens is 1. The lowest BCUT2D eigenvalue weighted by atomic mass is 10.4. The number of ether oxygens (including phenoxy) is 1. The van der Waals surface area contributed by atoms with Gasteiger partial charge < -0.3 is 9.75 Å². The van der Waals surface area contributed by atoms with Crippen molar-refractivity contribution >= 4 is 22.6 Å². The molecule has 1 aliphatic rings. The fourth-order valence-corrected chi connectivity index (χ4v) is 2.30. The Hall–Kier alpha value is -1.33. The fourth-order valence-electron chi connectivity index (χ4n) is 2.13. The lowest BCUT2D eigenvalue weighted by Crippen LogP contribution is -2.44. The molecule has 0 amide bonds. The summed E-state index contributed by atoms with van der Waals surface area (Å²) in [6.07, 6.45) is 3.54. The number of aromatic nitrogens is 3. The molecule has 3 rings (SSSR count). The van der Waals surface area contributed by atoms with E-state index < -0.39 is 0 Å². The van der Waals surface area contributed by atoms with Crippen LogP contribution in [0.1, 0.15) is 5.82 Å². The summed E-state index contributed by atoms with van der Waals surface area (Å²) in [7, 11) is 0. The molecule has 17 heavy (non-hydrogen) atoms. The molecule has 0 unspecified atom stereocenters. The first-order chi connectivity index (χ1) is 8.40. The molecule has 0 radical (unpaired) electrons. The summed E-state index contributed by atoms with van der Waals surface area (Å²) in [5.74, 6) is 1.25. The molecule has 90 valence electrons. The number of morpholine rings is 1. The first-order valence-electron chi connectivity index (χ1n) is 5.60. The van der Waals surface area contributed by atoms with Crippen molar-refractivity contribution in [2.45, 2.75) is 5.88 Å². The molecule has 5 nitrogen and oxygen atoms in total. The van der Waals surface area contributed by atoms with Crippen LogP contribution >= 0.6 is 11.6 Å². The molecule has 1 aliphatic heterocycles. The summed E-state index contributed by atoms with van der Waals surface area (Å²) >= 11 is 5.96. The van der Waals surface area contributed by atoms with E-state index in [2.05, 4.69) is 19.7 Å². The highest BCUT2D eigenvalue weighted by atomic mass is 35.5. The second-order valence-electron chi connectivity index (χ2n) is 3.90. The molecular weight excluding hydrogens is 240 g/mol. The molecule has 6 heteroatoms. The minimum Gasteiger partial charge on any atom is -0.378 e. The third-order valence-corrected chi connectivity index (χ3v) is 3.13. The minimum absolute atomic E-state index is 0.395. The highest BCUT2D eigenvalue weighted by Gasteiger charge is 2.17. The lowest BCUT2D eigenvalue weighted by Gasteiger charge is -2.31. The highest BCUT2D eigenvalue weighted by Crippen LogP contribution is 2.17. The molecule has 0 N–H and O–H groups in total. The second kappa shape index (κ2) is 4.50. The van der Waals surface area contributed by atoms with Crippen LogP contribution < -0.4 is 5.01 Å². The number of hydrogen-bond acceptors (Lipinski definition) is 4. The Morgan fingerprint density at radius 3 is 2.94 bits per heavy atom. The number of alkyl halides is 1. The van der Waals surface area contributed by atoms with Crippen molar-refractivity contribution in [2.75, 3.05) is 31.3 Å². The van der Waals surface area contributed by atoms with Crippen molar-refractivity contribution < 1.29 is 4.74 Å². The van der Waals surface area contributed by atoms with E-state index >= 15 is 0 Å². The predicted molar refractivity (Wildman–Crippen MR) is 65.9 cm³/mol. The number of hydrogen-bond donors (Lipinski definition) is 0. The third-order valence-electron chi connectivity index (χ3n) is 2.89. The van der Waals surface area contributed by atoms with Gasteiger partial charge in [0.25, 0.3) is 0 Å². The topological polar surface area (TPSA) is 43.2 Å². The van der Waals surface area contributed by atoms with E-state index in [0.717, 1.165) is 43.2 Å². The number of imidazole rings is 1. The van der Waals surface area contributed by atoms with E-state index in [1.54, 1.807) is 12.4 Å². The quantitative estimate of drug-likeness (QED) is 0.752. The van der Waals surface area contributed by atoms with Crippen LogP contribution in [-0.2, 0) is 10.6 Å². The van der Waals surface area contributed by atoms with Crippen molar-refractivity contribution in [1.29, 1.82) is 0 Å². The minimum atomic E-state index is 0.395. The van der Waals surface area contributed by atoms with Crippen molar-refractivity contribution in [3.8, 4) is 0 Å². The van der Waals surface area contributed by atoms with Gasteiger partial charge in [-0.25, -0.2) is 9.66 Å². The van der Waals surface area contributed by atoms with Gasteiger partial charge in [-0.1, -0.05) is 0 Å². The van der Waals surface area contributed by atoms with Crippen LogP contribution in [0.25, 0.3) is 11.0 Å². The van der Waals surface area contributed by atoms with Gasteiger partial charge in [-0.3, -0.25) is 4.98 Å². The van der Waals surface area contributed by atoms with Crippen LogP contribution in [0.15, 0.2) is 18.5 Å². The van der Waals surface area contributed by atoms with Gasteiger partial charge in [-0.15, -0.1) is 11.6 Å². The standard InChI is InChI=1S/C11H13ClN4O/c12-7-11-14-9-8-13-2-1-10(9)16(11)15-3-5-17-6-4-15/h1-2,8H,3-7H2. The van der Waals surface area contributed by atoms with E-state index in [-0.39, 0.29) is 0 Å². The van der Waals surface area contributed by atoms with Crippen LogP contribution in [0.4, 0.5) is 0 Å². The lowest BCUT2D eigenvalue weighted by molar-refractivity contribution is 0.111. The molecule has 0 bridgehead atoms. The van der Waals surface area contributed by atoms with Gasteiger partial charge in [0, 0.05) is 6.20 Å². The van der Waals surface area contributed by atoms with Gasteiger partial charge in [0.1, 0.15) is 11.3 Å². The average Bonchev–Trinajstić information content (AvgIpc) is 2.78. The second-order valence-corrected chi connectivity index (χ2v) is 4.17. The zero-order valence-electron chi connectivity index (χ0n) is 9.34. The molecule has 0 atom stereocenters. The van der Waals surface area contributed by atoms with Gasteiger partial charge in [0.05, 0.1) is 43.9 Å². The Balaban J connectivity index is 2.11. The maximum atomic E-state index is 5.96. The molecule has 2 aromatic rings. The van der Waals surface area contributed by atoms with Gasteiger partial charge in [0.15, 0.2) is 0 Å². The molecule has 0 aromatic carbocycles. The SMILES string of the molecule is ClCc1nc2cnccc2n1N1CCOCC1. The summed E-state index contributed by atoms with van der Waals surface area (Å²) in [5, 5.41) is 2.22. The zero-order valence-corrected chi connectivity index (χ0v) is 10.1. The monoisotopic (exact) mass is 252 g/mol. The maximum absolute atomic E-state index is 5.96. The molecule has 0 aliphatic carbocycles. The van der Waals surface area contributed by atoms with Gasteiger partial charge in [-0.05, 0) is 6.07 Å². The number of pyridine rings is 1. The van der Waals surface area contributed by atoms with Gasteiger partial charge in [0.2, 0.25) is 0 Å². The van der Waals surface area contributed by atoms with Crippen molar-refractivity contribution in [3.05, 3.63) is 24.3 Å². The van der Waals surface area contributed by atoms with Crippen LogP contribution in [-0.4, -0.2) is 40.9 Å². The zero-order chi connectivity index (χ0) is 11.7. The maximum Gasteiger partial charge on any atom is 0.143 e. The molecule has 0 saturated carbocycles. The molecule has 1 saturated heterocycles. The first kappa shape index (κ1) is 10.8. The Labute approximate surface area is 104 Å². The molecule has 0 spiro atoms. The van der Waals surface area contributed by atoms with E-state index in [4.69, 9.17) is 16.3 Å². The predicted octanol–water partition coefficient (Wildman–Crippen LogP) is 1.14. The Kier molecular flexibility index (Phi) is 2.86. The highest BCUT2D eigenvalue weighted by molar-refractivity contribution is 6.16. The largest absolute Gasteiger partial charge is 0.378 e. The smallest absolute Gasteiger partial charge is 0.143 e. The Morgan fingerprint density at radius 1 is 1.35 bits per heavy atom.